The number of alkyl halides is 2. The Kier molecular flexibility index (Phi) is 3.98. The lowest BCUT2D eigenvalue weighted by Gasteiger charge is -2.09. The van der Waals surface area contributed by atoms with Crippen molar-refractivity contribution in [2.75, 3.05) is 0 Å². The fourth-order valence-corrected chi connectivity index (χ4v) is 1.32. The van der Waals surface area contributed by atoms with Crippen LogP contribution in [0.4, 0.5) is 8.78 Å². The molecule has 0 fully saturated rings. The van der Waals surface area contributed by atoms with Crippen molar-refractivity contribution in [1.82, 2.24) is 5.43 Å². The number of carbonyl (C=O) groups is 1. The number of carbonyl (C=O) groups excluding carboxylic acids is 1. The van der Waals surface area contributed by atoms with Gasteiger partial charge in [0.15, 0.2) is 0 Å². The van der Waals surface area contributed by atoms with E-state index >= 15 is 0 Å². The third kappa shape index (κ3) is 3.14. The SMILES string of the molecule is NNC(=O)c1cc(Br)ccc1OC(F)F. The molecular formula is C8H7BrF2N2O2. The van der Waals surface area contributed by atoms with Crippen LogP contribution in [0.1, 0.15) is 10.4 Å². The molecule has 0 aliphatic carbocycles. The highest BCUT2D eigenvalue weighted by Gasteiger charge is 2.15. The smallest absolute Gasteiger partial charge is 0.387 e. The summed E-state index contributed by atoms with van der Waals surface area (Å²) in [6.07, 6.45) is 0. The third-order valence-electron chi connectivity index (χ3n) is 1.53. The molecule has 1 rings (SSSR count). The molecule has 4 nitrogen and oxygen atoms in total. The molecule has 1 aromatic carbocycles. The molecule has 0 aliphatic heterocycles. The minimum atomic E-state index is -2.99. The van der Waals surface area contributed by atoms with Crippen molar-refractivity contribution in [3.05, 3.63) is 28.2 Å². The van der Waals surface area contributed by atoms with Gasteiger partial charge in [0.1, 0.15) is 5.75 Å². The van der Waals surface area contributed by atoms with Crippen molar-refractivity contribution < 1.29 is 18.3 Å². The Hall–Kier alpha value is -1.21. The van der Waals surface area contributed by atoms with Crippen LogP contribution in [0.5, 0.6) is 5.75 Å². The molecule has 15 heavy (non-hydrogen) atoms. The fourth-order valence-electron chi connectivity index (χ4n) is 0.956. The van der Waals surface area contributed by atoms with E-state index in [1.807, 2.05) is 5.43 Å². The molecule has 1 aromatic rings. The molecule has 1 amide bonds. The number of nitrogens with one attached hydrogen (secondary N) is 1. The Morgan fingerprint density at radius 3 is 2.73 bits per heavy atom. The first kappa shape index (κ1) is 11.9. The molecule has 0 saturated heterocycles. The van der Waals surface area contributed by atoms with Crippen molar-refractivity contribution in [3.63, 3.8) is 0 Å². The van der Waals surface area contributed by atoms with E-state index in [4.69, 9.17) is 5.84 Å². The van der Waals surface area contributed by atoms with Gasteiger partial charge in [-0.1, -0.05) is 15.9 Å². The molecule has 0 aliphatic rings. The van der Waals surface area contributed by atoms with Crippen LogP contribution in [0, 0.1) is 0 Å². The average Bonchev–Trinajstić information content (AvgIpc) is 2.19. The summed E-state index contributed by atoms with van der Waals surface area (Å²) < 4.78 is 28.7. The summed E-state index contributed by atoms with van der Waals surface area (Å²) in [7, 11) is 0. The van der Waals surface area contributed by atoms with Gasteiger partial charge < -0.3 is 4.74 Å². The molecule has 7 heteroatoms. The number of benzene rings is 1. The first-order valence-electron chi connectivity index (χ1n) is 3.80. The Bertz CT molecular complexity index is 374. The van der Waals surface area contributed by atoms with Gasteiger partial charge in [0, 0.05) is 4.47 Å². The quantitative estimate of drug-likeness (QED) is 0.503. The zero-order valence-electron chi connectivity index (χ0n) is 7.34. The van der Waals surface area contributed by atoms with Gasteiger partial charge in [0.2, 0.25) is 0 Å². The van der Waals surface area contributed by atoms with Gasteiger partial charge in [-0.05, 0) is 18.2 Å². The predicted octanol–water partition coefficient (Wildman–Crippen LogP) is 1.65. The monoisotopic (exact) mass is 280 g/mol. The van der Waals surface area contributed by atoms with E-state index in [2.05, 4.69) is 20.7 Å². The molecule has 0 saturated carbocycles. The Labute approximate surface area is 92.5 Å². The predicted molar refractivity (Wildman–Crippen MR) is 52.4 cm³/mol. The maximum atomic E-state index is 12.0. The number of amides is 1. The number of hydrogen-bond acceptors (Lipinski definition) is 3. The molecule has 0 aromatic heterocycles. The van der Waals surface area contributed by atoms with Crippen LogP contribution in [0.15, 0.2) is 22.7 Å². The molecule has 0 atom stereocenters. The zero-order chi connectivity index (χ0) is 11.4. The van der Waals surface area contributed by atoms with Crippen LogP contribution in [0.3, 0.4) is 0 Å². The van der Waals surface area contributed by atoms with Crippen molar-refractivity contribution >= 4 is 21.8 Å². The van der Waals surface area contributed by atoms with Crippen molar-refractivity contribution in [2.24, 2.45) is 5.84 Å². The number of nitrogen functional groups attached to an aromatic ring is 1. The zero-order valence-corrected chi connectivity index (χ0v) is 8.92. The second-order valence-corrected chi connectivity index (χ2v) is 3.41. The lowest BCUT2D eigenvalue weighted by molar-refractivity contribution is -0.0501. The maximum absolute atomic E-state index is 12.0. The van der Waals surface area contributed by atoms with Crippen LogP contribution in [0.25, 0.3) is 0 Å². The molecule has 82 valence electrons. The van der Waals surface area contributed by atoms with Gasteiger partial charge >= 0.3 is 6.61 Å². The van der Waals surface area contributed by atoms with Crippen LogP contribution in [-0.2, 0) is 0 Å². The summed E-state index contributed by atoms with van der Waals surface area (Å²) in [5, 5.41) is 0. The van der Waals surface area contributed by atoms with Gasteiger partial charge in [-0.2, -0.15) is 8.78 Å². The molecule has 0 spiro atoms. The fraction of sp³-hybridized carbons (Fsp3) is 0.125. The largest absolute Gasteiger partial charge is 0.434 e. The van der Waals surface area contributed by atoms with Crippen LogP contribution >= 0.6 is 15.9 Å². The second-order valence-electron chi connectivity index (χ2n) is 2.49. The Balaban J connectivity index is 3.08. The van der Waals surface area contributed by atoms with Gasteiger partial charge in [-0.3, -0.25) is 10.2 Å². The summed E-state index contributed by atoms with van der Waals surface area (Å²) in [5.41, 5.74) is 1.77. The van der Waals surface area contributed by atoms with Gasteiger partial charge in [-0.25, -0.2) is 5.84 Å². The number of rotatable bonds is 3. The van der Waals surface area contributed by atoms with Crippen molar-refractivity contribution in [3.8, 4) is 5.75 Å². The Morgan fingerprint density at radius 1 is 1.53 bits per heavy atom. The van der Waals surface area contributed by atoms with Crippen molar-refractivity contribution in [2.45, 2.75) is 6.61 Å². The minimum absolute atomic E-state index is 0.0628. The Morgan fingerprint density at radius 2 is 2.20 bits per heavy atom. The molecule has 0 unspecified atom stereocenters. The van der Waals surface area contributed by atoms with E-state index in [-0.39, 0.29) is 11.3 Å². The van der Waals surface area contributed by atoms with E-state index in [0.29, 0.717) is 4.47 Å². The summed E-state index contributed by atoms with van der Waals surface area (Å²) in [4.78, 5) is 11.2. The number of ether oxygens (including phenoxy) is 1. The number of halogens is 3. The second kappa shape index (κ2) is 5.04. The summed E-state index contributed by atoms with van der Waals surface area (Å²) in [6.45, 7) is -2.99. The standard InChI is InChI=1S/C8H7BrF2N2O2/c9-4-1-2-6(15-8(10)11)5(3-4)7(14)13-12/h1-3,8H,12H2,(H,13,14). The van der Waals surface area contributed by atoms with E-state index < -0.39 is 12.5 Å². The van der Waals surface area contributed by atoms with E-state index in [1.54, 1.807) is 0 Å². The average molecular weight is 281 g/mol. The van der Waals surface area contributed by atoms with Crippen LogP contribution in [0.2, 0.25) is 0 Å². The van der Waals surface area contributed by atoms with Gasteiger partial charge in [0.25, 0.3) is 5.91 Å². The molecule has 0 bridgehead atoms. The third-order valence-corrected chi connectivity index (χ3v) is 2.03. The summed E-state index contributed by atoms with van der Waals surface area (Å²) in [6, 6.07) is 4.06. The summed E-state index contributed by atoms with van der Waals surface area (Å²) >= 11 is 3.10. The first-order chi connectivity index (χ1) is 7.04. The highest BCUT2D eigenvalue weighted by molar-refractivity contribution is 9.10. The lowest BCUT2D eigenvalue weighted by atomic mass is 10.2. The normalized spacial score (nSPS) is 10.2. The number of nitrogens with two attached hydrogens (primary N) is 1. The summed E-state index contributed by atoms with van der Waals surface area (Å²) in [5.74, 6) is 3.97. The molecule has 3 N–H and O–H groups in total. The van der Waals surface area contributed by atoms with E-state index in [0.717, 1.165) is 0 Å². The van der Waals surface area contributed by atoms with Crippen LogP contribution in [-0.4, -0.2) is 12.5 Å². The van der Waals surface area contributed by atoms with Crippen molar-refractivity contribution in [1.29, 1.82) is 0 Å². The molecule has 0 radical (unpaired) electrons. The van der Waals surface area contributed by atoms with Gasteiger partial charge in [0.05, 0.1) is 5.56 Å². The van der Waals surface area contributed by atoms with E-state index in [9.17, 15) is 13.6 Å². The highest BCUT2D eigenvalue weighted by Crippen LogP contribution is 2.24. The lowest BCUT2D eigenvalue weighted by Crippen LogP contribution is -2.30. The minimum Gasteiger partial charge on any atom is -0.434 e. The van der Waals surface area contributed by atoms with E-state index in [1.165, 1.54) is 18.2 Å². The number of hydrogen-bond donors (Lipinski definition) is 2. The first-order valence-corrected chi connectivity index (χ1v) is 4.59. The number of hydrazine groups is 1. The molecular weight excluding hydrogens is 274 g/mol. The molecule has 0 heterocycles. The van der Waals surface area contributed by atoms with Crippen LogP contribution < -0.4 is 16.0 Å². The topological polar surface area (TPSA) is 64.3 Å². The van der Waals surface area contributed by atoms with Gasteiger partial charge in [-0.15, -0.1) is 0 Å². The maximum Gasteiger partial charge on any atom is 0.387 e. The highest BCUT2D eigenvalue weighted by atomic mass is 79.9.